The Morgan fingerprint density at radius 1 is 1.47 bits per heavy atom. The molecule has 0 spiro atoms. The molecule has 0 amide bonds. The van der Waals surface area contributed by atoms with E-state index in [-0.39, 0.29) is 0 Å². The van der Waals surface area contributed by atoms with E-state index in [0.717, 1.165) is 17.6 Å². The number of rotatable bonds is 4. The van der Waals surface area contributed by atoms with Crippen molar-refractivity contribution in [1.82, 2.24) is 5.32 Å². The molecule has 1 N–H and O–H groups in total. The molecule has 2 heteroatoms. The van der Waals surface area contributed by atoms with Gasteiger partial charge in [0.15, 0.2) is 0 Å². The Balaban J connectivity index is 2.45. The Hall–Kier alpha value is -0.780. The van der Waals surface area contributed by atoms with E-state index in [9.17, 15) is 0 Å². The Kier molecular flexibility index (Phi) is 5.45. The van der Waals surface area contributed by atoms with Gasteiger partial charge < -0.3 is 5.32 Å². The highest BCUT2D eigenvalue weighted by molar-refractivity contribution is 9.10. The molecular weight excluding hydrogens is 250 g/mol. The molecule has 1 aromatic carbocycles. The van der Waals surface area contributed by atoms with Gasteiger partial charge in [-0.1, -0.05) is 40.9 Å². The second kappa shape index (κ2) is 6.66. The molecule has 1 aromatic rings. The van der Waals surface area contributed by atoms with Crippen molar-refractivity contribution in [3.63, 3.8) is 0 Å². The lowest BCUT2D eigenvalue weighted by atomic mass is 10.0. The van der Waals surface area contributed by atoms with Crippen LogP contribution in [-0.4, -0.2) is 13.1 Å². The van der Waals surface area contributed by atoms with Crippen LogP contribution in [0, 0.1) is 11.8 Å². The second-order valence-corrected chi connectivity index (χ2v) is 4.43. The Morgan fingerprint density at radius 2 is 2.27 bits per heavy atom. The molecule has 0 radical (unpaired) electrons. The molecule has 1 unspecified atom stereocenters. The summed E-state index contributed by atoms with van der Waals surface area (Å²) in [6.45, 7) is 5.81. The first-order valence-corrected chi connectivity index (χ1v) is 5.89. The molecule has 1 rings (SSSR count). The highest BCUT2D eigenvalue weighted by Crippen LogP contribution is 2.18. The van der Waals surface area contributed by atoms with E-state index in [0.29, 0.717) is 5.92 Å². The highest BCUT2D eigenvalue weighted by Gasteiger charge is 2.04. The van der Waals surface area contributed by atoms with Crippen molar-refractivity contribution >= 4 is 15.9 Å². The van der Waals surface area contributed by atoms with E-state index < -0.39 is 0 Å². The summed E-state index contributed by atoms with van der Waals surface area (Å²) in [5, 5.41) is 3.32. The van der Waals surface area contributed by atoms with Crippen LogP contribution in [0.25, 0.3) is 0 Å². The van der Waals surface area contributed by atoms with Crippen LogP contribution in [0.5, 0.6) is 0 Å². The lowest BCUT2D eigenvalue weighted by Gasteiger charge is -2.12. The van der Waals surface area contributed by atoms with Crippen molar-refractivity contribution in [2.24, 2.45) is 0 Å². The summed E-state index contributed by atoms with van der Waals surface area (Å²) < 4.78 is 1.14. The molecule has 1 nitrogen and oxygen atoms in total. The van der Waals surface area contributed by atoms with Crippen molar-refractivity contribution < 1.29 is 0 Å². The smallest absolute Gasteiger partial charge is 0.0576 e. The largest absolute Gasteiger partial charge is 0.306 e. The molecule has 0 aromatic heterocycles. The van der Waals surface area contributed by atoms with E-state index >= 15 is 0 Å². The van der Waals surface area contributed by atoms with Crippen molar-refractivity contribution in [2.75, 3.05) is 13.1 Å². The van der Waals surface area contributed by atoms with Crippen LogP contribution in [0.4, 0.5) is 0 Å². The van der Waals surface area contributed by atoms with Gasteiger partial charge in [-0.2, -0.15) is 0 Å². The second-order valence-electron chi connectivity index (χ2n) is 3.51. The fraction of sp³-hybridized carbons (Fsp3) is 0.385. The average molecular weight is 266 g/mol. The third kappa shape index (κ3) is 4.51. The minimum atomic E-state index is 0.515. The number of halogens is 1. The molecule has 0 saturated carbocycles. The van der Waals surface area contributed by atoms with E-state index in [1.54, 1.807) is 0 Å². The van der Waals surface area contributed by atoms with Crippen molar-refractivity contribution in [3.8, 4) is 11.8 Å². The van der Waals surface area contributed by atoms with Gasteiger partial charge in [0, 0.05) is 11.0 Å². The summed E-state index contributed by atoms with van der Waals surface area (Å²) in [5.41, 5.74) is 1.35. The maximum absolute atomic E-state index is 3.48. The van der Waals surface area contributed by atoms with Crippen LogP contribution >= 0.6 is 15.9 Å². The predicted molar refractivity (Wildman–Crippen MR) is 68.9 cm³/mol. The van der Waals surface area contributed by atoms with E-state index in [2.05, 4.69) is 58.2 Å². The van der Waals surface area contributed by atoms with Gasteiger partial charge in [-0.15, -0.1) is 5.92 Å². The first-order valence-electron chi connectivity index (χ1n) is 5.10. The van der Waals surface area contributed by atoms with Gasteiger partial charge >= 0.3 is 0 Å². The first kappa shape index (κ1) is 12.3. The minimum Gasteiger partial charge on any atom is -0.306 e. The molecule has 0 aliphatic heterocycles. The fourth-order valence-electron chi connectivity index (χ4n) is 1.37. The maximum atomic E-state index is 3.48. The molecule has 15 heavy (non-hydrogen) atoms. The standard InChI is InChI=1S/C13H16BrN/c1-3-4-8-15-10-11(2)12-6-5-7-13(14)9-12/h5-7,9,11,15H,8,10H2,1-2H3. The lowest BCUT2D eigenvalue weighted by molar-refractivity contribution is 0.655. The average Bonchev–Trinajstić information content (AvgIpc) is 2.24. The number of hydrogen-bond donors (Lipinski definition) is 1. The molecule has 0 fully saturated rings. The van der Waals surface area contributed by atoms with Crippen molar-refractivity contribution in [3.05, 3.63) is 34.3 Å². The highest BCUT2D eigenvalue weighted by atomic mass is 79.9. The van der Waals surface area contributed by atoms with Crippen LogP contribution in [0.15, 0.2) is 28.7 Å². The third-order valence-electron chi connectivity index (χ3n) is 2.26. The number of benzene rings is 1. The van der Waals surface area contributed by atoms with Gasteiger partial charge in [-0.05, 0) is 30.5 Å². The summed E-state index contributed by atoms with van der Waals surface area (Å²) >= 11 is 3.48. The normalized spacial score (nSPS) is 11.7. The zero-order valence-electron chi connectivity index (χ0n) is 9.18. The Labute approximate surface area is 100 Å². The van der Waals surface area contributed by atoms with Crippen LogP contribution in [-0.2, 0) is 0 Å². The zero-order valence-corrected chi connectivity index (χ0v) is 10.8. The van der Waals surface area contributed by atoms with Crippen molar-refractivity contribution in [2.45, 2.75) is 19.8 Å². The topological polar surface area (TPSA) is 12.0 Å². The van der Waals surface area contributed by atoms with E-state index in [1.165, 1.54) is 5.56 Å². The minimum absolute atomic E-state index is 0.515. The molecule has 0 saturated heterocycles. The van der Waals surface area contributed by atoms with Crippen LogP contribution < -0.4 is 5.32 Å². The molecule has 0 bridgehead atoms. The summed E-state index contributed by atoms with van der Waals surface area (Å²) in [4.78, 5) is 0. The summed E-state index contributed by atoms with van der Waals surface area (Å²) in [5.74, 6) is 6.38. The van der Waals surface area contributed by atoms with Gasteiger partial charge in [0.1, 0.15) is 0 Å². The number of hydrogen-bond acceptors (Lipinski definition) is 1. The molecule has 0 aliphatic rings. The van der Waals surface area contributed by atoms with Gasteiger partial charge in [0.05, 0.1) is 6.54 Å². The zero-order chi connectivity index (χ0) is 11.1. The lowest BCUT2D eigenvalue weighted by Crippen LogP contribution is -2.20. The van der Waals surface area contributed by atoms with Gasteiger partial charge in [-0.3, -0.25) is 0 Å². The summed E-state index contributed by atoms with van der Waals surface area (Å²) in [7, 11) is 0. The van der Waals surface area contributed by atoms with Gasteiger partial charge in [-0.25, -0.2) is 0 Å². The van der Waals surface area contributed by atoms with E-state index in [1.807, 2.05) is 13.0 Å². The van der Waals surface area contributed by atoms with E-state index in [4.69, 9.17) is 0 Å². The molecule has 0 aliphatic carbocycles. The van der Waals surface area contributed by atoms with Crippen LogP contribution in [0.1, 0.15) is 25.3 Å². The molecular formula is C13H16BrN. The first-order chi connectivity index (χ1) is 7.24. The third-order valence-corrected chi connectivity index (χ3v) is 2.75. The van der Waals surface area contributed by atoms with Gasteiger partial charge in [0.2, 0.25) is 0 Å². The molecule has 0 heterocycles. The fourth-order valence-corrected chi connectivity index (χ4v) is 1.79. The van der Waals surface area contributed by atoms with Crippen LogP contribution in [0.2, 0.25) is 0 Å². The van der Waals surface area contributed by atoms with Crippen LogP contribution in [0.3, 0.4) is 0 Å². The summed E-state index contributed by atoms with van der Waals surface area (Å²) in [6, 6.07) is 8.44. The monoisotopic (exact) mass is 265 g/mol. The number of nitrogens with one attached hydrogen (secondary N) is 1. The predicted octanol–water partition coefficient (Wildman–Crippen LogP) is 3.17. The SMILES string of the molecule is CC#CCNCC(C)c1cccc(Br)c1. The molecule has 80 valence electrons. The molecule has 1 atom stereocenters. The van der Waals surface area contributed by atoms with Crippen molar-refractivity contribution in [1.29, 1.82) is 0 Å². The quantitative estimate of drug-likeness (QED) is 0.652. The van der Waals surface area contributed by atoms with Gasteiger partial charge in [0.25, 0.3) is 0 Å². The maximum Gasteiger partial charge on any atom is 0.0576 e. The summed E-state index contributed by atoms with van der Waals surface area (Å²) in [6.07, 6.45) is 0. The Bertz CT molecular complexity index is 362. The Morgan fingerprint density at radius 3 is 2.93 bits per heavy atom.